The molecule has 5 heteroatoms. The number of halogens is 1. The summed E-state index contributed by atoms with van der Waals surface area (Å²) in [6.07, 6.45) is 4.39. The standard InChI is InChI=1S/C14H22ClNO2S/c1-3-6-12(9-10-15)11-16-13-7-4-5-8-14(13)19(2,17)18/h4-5,7-8,12,16H,3,6,9-11H2,1-2H3. The maximum Gasteiger partial charge on any atom is 0.177 e. The Labute approximate surface area is 121 Å². The molecule has 19 heavy (non-hydrogen) atoms. The summed E-state index contributed by atoms with van der Waals surface area (Å²) in [5.74, 6) is 1.12. The van der Waals surface area contributed by atoms with Crippen LogP contribution in [0, 0.1) is 5.92 Å². The van der Waals surface area contributed by atoms with Gasteiger partial charge in [-0.15, -0.1) is 11.6 Å². The van der Waals surface area contributed by atoms with Crippen LogP contribution in [-0.2, 0) is 9.84 Å². The predicted octanol–water partition coefficient (Wildman–Crippen LogP) is 3.55. The molecule has 0 heterocycles. The molecule has 0 spiro atoms. The van der Waals surface area contributed by atoms with Gasteiger partial charge in [0.15, 0.2) is 9.84 Å². The van der Waals surface area contributed by atoms with Crippen LogP contribution in [0.1, 0.15) is 26.2 Å². The molecule has 1 unspecified atom stereocenters. The van der Waals surface area contributed by atoms with E-state index in [-0.39, 0.29) is 0 Å². The van der Waals surface area contributed by atoms with E-state index >= 15 is 0 Å². The normalized spacial score (nSPS) is 13.2. The van der Waals surface area contributed by atoms with Crippen LogP contribution in [0.3, 0.4) is 0 Å². The van der Waals surface area contributed by atoms with Crippen molar-refractivity contribution in [2.45, 2.75) is 31.1 Å². The number of nitrogens with one attached hydrogen (secondary N) is 1. The van der Waals surface area contributed by atoms with Gasteiger partial charge in [-0.2, -0.15) is 0 Å². The summed E-state index contributed by atoms with van der Waals surface area (Å²) in [7, 11) is -3.19. The molecule has 3 nitrogen and oxygen atoms in total. The Morgan fingerprint density at radius 2 is 1.95 bits per heavy atom. The second-order valence-electron chi connectivity index (χ2n) is 4.78. The Bertz CT molecular complexity index is 482. The average molecular weight is 304 g/mol. The SMILES string of the molecule is CCCC(CCCl)CNc1ccccc1S(C)(=O)=O. The van der Waals surface area contributed by atoms with E-state index in [1.54, 1.807) is 18.2 Å². The highest BCUT2D eigenvalue weighted by Gasteiger charge is 2.13. The topological polar surface area (TPSA) is 46.2 Å². The fraction of sp³-hybridized carbons (Fsp3) is 0.571. The number of sulfone groups is 1. The molecule has 1 rings (SSSR count). The zero-order chi connectivity index (χ0) is 14.3. The van der Waals surface area contributed by atoms with Crippen LogP contribution in [0.25, 0.3) is 0 Å². The highest BCUT2D eigenvalue weighted by Crippen LogP contribution is 2.22. The summed E-state index contributed by atoms with van der Waals surface area (Å²) in [6.45, 7) is 2.90. The van der Waals surface area contributed by atoms with Crippen LogP contribution in [-0.4, -0.2) is 27.1 Å². The number of rotatable bonds is 8. The van der Waals surface area contributed by atoms with Crippen molar-refractivity contribution in [2.75, 3.05) is 24.0 Å². The smallest absolute Gasteiger partial charge is 0.177 e. The van der Waals surface area contributed by atoms with E-state index in [1.165, 1.54) is 6.26 Å². The van der Waals surface area contributed by atoms with Gasteiger partial charge in [0.25, 0.3) is 0 Å². The number of hydrogen-bond donors (Lipinski definition) is 1. The van der Waals surface area contributed by atoms with E-state index < -0.39 is 9.84 Å². The molecular formula is C14H22ClNO2S. The summed E-state index contributed by atoms with van der Waals surface area (Å²) < 4.78 is 23.4. The Kier molecular flexibility index (Phi) is 6.66. The van der Waals surface area contributed by atoms with Crippen molar-refractivity contribution < 1.29 is 8.42 Å². The molecule has 0 radical (unpaired) electrons. The molecule has 0 fully saturated rings. The van der Waals surface area contributed by atoms with Gasteiger partial charge in [-0.3, -0.25) is 0 Å². The van der Waals surface area contributed by atoms with Crippen LogP contribution in [0.4, 0.5) is 5.69 Å². The lowest BCUT2D eigenvalue weighted by molar-refractivity contribution is 0.490. The summed E-state index contributed by atoms with van der Waals surface area (Å²) in [6, 6.07) is 7.02. The van der Waals surface area contributed by atoms with E-state index in [4.69, 9.17) is 11.6 Å². The molecule has 0 amide bonds. The Morgan fingerprint density at radius 3 is 2.53 bits per heavy atom. The minimum Gasteiger partial charge on any atom is -0.384 e. The second kappa shape index (κ2) is 7.75. The molecule has 0 bridgehead atoms. The predicted molar refractivity (Wildman–Crippen MR) is 81.8 cm³/mol. The zero-order valence-corrected chi connectivity index (χ0v) is 13.1. The third-order valence-corrected chi connectivity index (χ3v) is 4.46. The van der Waals surface area contributed by atoms with Crippen molar-refractivity contribution >= 4 is 27.1 Å². The van der Waals surface area contributed by atoms with E-state index in [0.717, 1.165) is 25.8 Å². The van der Waals surface area contributed by atoms with Crippen molar-refractivity contribution in [1.82, 2.24) is 0 Å². The van der Waals surface area contributed by atoms with Crippen LogP contribution in [0.2, 0.25) is 0 Å². The fourth-order valence-corrected chi connectivity index (χ4v) is 3.28. The van der Waals surface area contributed by atoms with Gasteiger partial charge in [0.1, 0.15) is 0 Å². The highest BCUT2D eigenvalue weighted by molar-refractivity contribution is 7.90. The molecule has 1 N–H and O–H groups in total. The number of anilines is 1. The first-order valence-electron chi connectivity index (χ1n) is 6.58. The van der Waals surface area contributed by atoms with Gasteiger partial charge < -0.3 is 5.32 Å². The third-order valence-electron chi connectivity index (χ3n) is 3.08. The van der Waals surface area contributed by atoms with Crippen molar-refractivity contribution in [1.29, 1.82) is 0 Å². The van der Waals surface area contributed by atoms with Gasteiger partial charge in [0.05, 0.1) is 10.6 Å². The molecule has 1 atom stereocenters. The van der Waals surface area contributed by atoms with Crippen molar-refractivity contribution in [3.63, 3.8) is 0 Å². The summed E-state index contributed by atoms with van der Waals surface area (Å²) >= 11 is 5.79. The first-order valence-corrected chi connectivity index (χ1v) is 9.00. The maximum absolute atomic E-state index is 11.7. The molecule has 108 valence electrons. The van der Waals surface area contributed by atoms with Gasteiger partial charge in [-0.25, -0.2) is 8.42 Å². The lowest BCUT2D eigenvalue weighted by atomic mass is 10.0. The minimum atomic E-state index is -3.19. The van der Waals surface area contributed by atoms with Crippen LogP contribution in [0.15, 0.2) is 29.2 Å². The van der Waals surface area contributed by atoms with E-state index in [0.29, 0.717) is 22.4 Å². The van der Waals surface area contributed by atoms with Gasteiger partial charge in [-0.05, 0) is 30.9 Å². The molecular weight excluding hydrogens is 282 g/mol. The molecule has 1 aromatic rings. The summed E-state index contributed by atoms with van der Waals surface area (Å²) in [4.78, 5) is 0.358. The lowest BCUT2D eigenvalue weighted by Crippen LogP contribution is -2.16. The van der Waals surface area contributed by atoms with Gasteiger partial charge in [0.2, 0.25) is 0 Å². The number of para-hydroxylation sites is 1. The van der Waals surface area contributed by atoms with E-state index in [9.17, 15) is 8.42 Å². The van der Waals surface area contributed by atoms with E-state index in [2.05, 4.69) is 12.2 Å². The minimum absolute atomic E-state index is 0.358. The molecule has 0 aromatic heterocycles. The molecule has 0 aliphatic heterocycles. The largest absolute Gasteiger partial charge is 0.384 e. The first-order chi connectivity index (χ1) is 8.99. The monoisotopic (exact) mass is 303 g/mol. The molecule has 0 aliphatic carbocycles. The zero-order valence-electron chi connectivity index (χ0n) is 11.5. The van der Waals surface area contributed by atoms with E-state index in [1.807, 2.05) is 6.07 Å². The number of alkyl halides is 1. The number of hydrogen-bond acceptors (Lipinski definition) is 3. The van der Waals surface area contributed by atoms with Crippen LogP contribution < -0.4 is 5.32 Å². The summed E-state index contributed by atoms with van der Waals surface area (Å²) in [5.41, 5.74) is 0.681. The van der Waals surface area contributed by atoms with Crippen molar-refractivity contribution in [2.24, 2.45) is 5.92 Å². The van der Waals surface area contributed by atoms with Crippen molar-refractivity contribution in [3.8, 4) is 0 Å². The first kappa shape index (κ1) is 16.3. The molecule has 0 saturated carbocycles. The number of benzene rings is 1. The van der Waals surface area contributed by atoms with Crippen LogP contribution >= 0.6 is 11.6 Å². The molecule has 0 saturated heterocycles. The van der Waals surface area contributed by atoms with Crippen molar-refractivity contribution in [3.05, 3.63) is 24.3 Å². The quantitative estimate of drug-likeness (QED) is 0.747. The molecule has 1 aromatic carbocycles. The highest BCUT2D eigenvalue weighted by atomic mass is 35.5. The second-order valence-corrected chi connectivity index (χ2v) is 7.14. The molecule has 0 aliphatic rings. The fourth-order valence-electron chi connectivity index (χ4n) is 2.10. The average Bonchev–Trinajstić information content (AvgIpc) is 2.36. The van der Waals surface area contributed by atoms with Gasteiger partial charge in [0, 0.05) is 18.7 Å². The Balaban J connectivity index is 2.77. The maximum atomic E-state index is 11.7. The summed E-state index contributed by atoms with van der Waals surface area (Å²) in [5, 5.41) is 3.25. The Morgan fingerprint density at radius 1 is 1.26 bits per heavy atom. The third kappa shape index (κ3) is 5.41. The van der Waals surface area contributed by atoms with Gasteiger partial charge in [-0.1, -0.05) is 25.5 Å². The lowest BCUT2D eigenvalue weighted by Gasteiger charge is -2.17. The Hall–Kier alpha value is -0.740. The van der Waals surface area contributed by atoms with Gasteiger partial charge >= 0.3 is 0 Å². The van der Waals surface area contributed by atoms with Crippen LogP contribution in [0.5, 0.6) is 0 Å².